The summed E-state index contributed by atoms with van der Waals surface area (Å²) >= 11 is 0. The third-order valence-corrected chi connectivity index (χ3v) is 4.19. The van der Waals surface area contributed by atoms with Gasteiger partial charge >= 0.3 is 0 Å². The van der Waals surface area contributed by atoms with E-state index in [0.717, 1.165) is 13.1 Å². The quantitative estimate of drug-likeness (QED) is 0.909. The number of nitrogens with zero attached hydrogens (tertiary/aromatic N) is 1. The molecular formula is C17H26N2O3. The van der Waals surface area contributed by atoms with Crippen molar-refractivity contribution >= 4 is 11.6 Å². The lowest BCUT2D eigenvalue weighted by molar-refractivity contribution is -0.120. The van der Waals surface area contributed by atoms with Crippen LogP contribution >= 0.6 is 0 Å². The molecule has 1 heterocycles. The van der Waals surface area contributed by atoms with E-state index in [9.17, 15) is 4.79 Å². The predicted octanol–water partition coefficient (Wildman–Crippen LogP) is 2.91. The lowest BCUT2D eigenvalue weighted by atomic mass is 10.2. The maximum atomic E-state index is 12.5. The van der Waals surface area contributed by atoms with Gasteiger partial charge in [0, 0.05) is 23.9 Å². The van der Waals surface area contributed by atoms with Crippen LogP contribution in [-0.4, -0.2) is 44.2 Å². The van der Waals surface area contributed by atoms with Crippen LogP contribution in [0.5, 0.6) is 11.5 Å². The standard InChI is InChI=1S/C17H26N2O3/c1-13(19-8-6-4-5-7-9-19)17(20)18-14-10-15(21-2)12-16(11-14)22-3/h10-13H,4-9H2,1-3H3,(H,18,20). The van der Waals surface area contributed by atoms with Crippen LogP contribution in [0.3, 0.4) is 0 Å². The molecule has 1 aliphatic heterocycles. The number of carbonyl (C=O) groups excluding carboxylic acids is 1. The highest BCUT2D eigenvalue weighted by Gasteiger charge is 2.22. The highest BCUT2D eigenvalue weighted by Crippen LogP contribution is 2.26. The molecule has 1 aliphatic rings. The van der Waals surface area contributed by atoms with E-state index in [1.165, 1.54) is 25.7 Å². The molecule has 0 radical (unpaired) electrons. The molecule has 22 heavy (non-hydrogen) atoms. The minimum atomic E-state index is -0.129. The van der Waals surface area contributed by atoms with Gasteiger partial charge in [0.2, 0.25) is 5.91 Å². The lowest BCUT2D eigenvalue weighted by Crippen LogP contribution is -2.42. The molecule has 1 aromatic carbocycles. The molecule has 0 bridgehead atoms. The van der Waals surface area contributed by atoms with Crippen LogP contribution in [0, 0.1) is 0 Å². The fourth-order valence-electron chi connectivity index (χ4n) is 2.77. The van der Waals surface area contributed by atoms with E-state index in [4.69, 9.17) is 9.47 Å². The fraction of sp³-hybridized carbons (Fsp3) is 0.588. The Morgan fingerprint density at radius 2 is 1.59 bits per heavy atom. The topological polar surface area (TPSA) is 50.8 Å². The van der Waals surface area contributed by atoms with Crippen LogP contribution in [0.15, 0.2) is 18.2 Å². The van der Waals surface area contributed by atoms with Gasteiger partial charge < -0.3 is 14.8 Å². The van der Waals surface area contributed by atoms with Crippen LogP contribution in [0.4, 0.5) is 5.69 Å². The summed E-state index contributed by atoms with van der Waals surface area (Å²) in [5.74, 6) is 1.34. The van der Waals surface area contributed by atoms with Crippen molar-refractivity contribution in [2.45, 2.75) is 38.6 Å². The molecule has 1 fully saturated rings. The number of benzene rings is 1. The molecule has 5 heteroatoms. The van der Waals surface area contributed by atoms with Gasteiger partial charge in [0.15, 0.2) is 0 Å². The summed E-state index contributed by atoms with van der Waals surface area (Å²) < 4.78 is 10.5. The first-order chi connectivity index (χ1) is 10.6. The normalized spacial score (nSPS) is 17.4. The van der Waals surface area contributed by atoms with Gasteiger partial charge in [0.05, 0.1) is 20.3 Å². The maximum Gasteiger partial charge on any atom is 0.241 e. The summed E-state index contributed by atoms with van der Waals surface area (Å²) in [6.07, 6.45) is 4.87. The van der Waals surface area contributed by atoms with Crippen molar-refractivity contribution in [2.75, 3.05) is 32.6 Å². The van der Waals surface area contributed by atoms with Crippen LogP contribution < -0.4 is 14.8 Å². The second-order valence-electron chi connectivity index (χ2n) is 5.72. The van der Waals surface area contributed by atoms with Gasteiger partial charge in [0.1, 0.15) is 11.5 Å². The molecule has 0 spiro atoms. The summed E-state index contributed by atoms with van der Waals surface area (Å²) in [7, 11) is 3.19. The predicted molar refractivity (Wildman–Crippen MR) is 87.7 cm³/mol. The van der Waals surface area contributed by atoms with E-state index in [1.54, 1.807) is 32.4 Å². The number of anilines is 1. The largest absolute Gasteiger partial charge is 0.497 e. The third kappa shape index (κ3) is 4.37. The highest BCUT2D eigenvalue weighted by atomic mass is 16.5. The van der Waals surface area contributed by atoms with E-state index in [-0.39, 0.29) is 11.9 Å². The smallest absolute Gasteiger partial charge is 0.241 e. The highest BCUT2D eigenvalue weighted by molar-refractivity contribution is 5.94. The minimum Gasteiger partial charge on any atom is -0.497 e. The van der Waals surface area contributed by atoms with Gasteiger partial charge in [-0.3, -0.25) is 9.69 Å². The Bertz CT molecular complexity index is 474. The number of carbonyl (C=O) groups is 1. The summed E-state index contributed by atoms with van der Waals surface area (Å²) in [6, 6.07) is 5.26. The lowest BCUT2D eigenvalue weighted by Gasteiger charge is -2.26. The Morgan fingerprint density at radius 3 is 2.09 bits per heavy atom. The average Bonchev–Trinajstić information content (AvgIpc) is 2.82. The molecule has 1 aromatic rings. The summed E-state index contributed by atoms with van der Waals surface area (Å²) in [6.45, 7) is 3.96. The second kappa shape index (κ2) is 8.03. The molecule has 0 saturated carbocycles. The van der Waals surface area contributed by atoms with Crippen molar-refractivity contribution in [3.8, 4) is 11.5 Å². The molecule has 1 unspecified atom stereocenters. The zero-order valence-corrected chi connectivity index (χ0v) is 13.7. The Balaban J connectivity index is 2.03. The van der Waals surface area contributed by atoms with Crippen molar-refractivity contribution in [1.29, 1.82) is 0 Å². The average molecular weight is 306 g/mol. The molecule has 0 aliphatic carbocycles. The number of hydrogen-bond acceptors (Lipinski definition) is 4. The van der Waals surface area contributed by atoms with Crippen LogP contribution in [-0.2, 0) is 4.79 Å². The molecule has 5 nitrogen and oxygen atoms in total. The molecule has 1 saturated heterocycles. The first kappa shape index (κ1) is 16.6. The van der Waals surface area contributed by atoms with Gasteiger partial charge in [-0.05, 0) is 32.9 Å². The Labute approximate surface area is 132 Å². The number of amides is 1. The van der Waals surface area contributed by atoms with Crippen molar-refractivity contribution in [2.24, 2.45) is 0 Å². The monoisotopic (exact) mass is 306 g/mol. The molecule has 1 atom stereocenters. The van der Waals surface area contributed by atoms with Crippen LogP contribution in [0.25, 0.3) is 0 Å². The summed E-state index contributed by atoms with van der Waals surface area (Å²) in [5, 5.41) is 2.97. The molecule has 0 aromatic heterocycles. The van der Waals surface area contributed by atoms with E-state index >= 15 is 0 Å². The van der Waals surface area contributed by atoms with E-state index in [0.29, 0.717) is 17.2 Å². The van der Waals surface area contributed by atoms with Crippen molar-refractivity contribution in [3.05, 3.63) is 18.2 Å². The van der Waals surface area contributed by atoms with E-state index in [1.807, 2.05) is 6.92 Å². The SMILES string of the molecule is COc1cc(NC(=O)C(C)N2CCCCCC2)cc(OC)c1. The Hall–Kier alpha value is -1.75. The van der Waals surface area contributed by atoms with Crippen molar-refractivity contribution < 1.29 is 14.3 Å². The molecular weight excluding hydrogens is 280 g/mol. The van der Waals surface area contributed by atoms with Crippen LogP contribution in [0.1, 0.15) is 32.6 Å². The van der Waals surface area contributed by atoms with Crippen molar-refractivity contribution in [3.63, 3.8) is 0 Å². The number of methoxy groups -OCH3 is 2. The number of hydrogen-bond donors (Lipinski definition) is 1. The van der Waals surface area contributed by atoms with Crippen LogP contribution in [0.2, 0.25) is 0 Å². The Kier molecular flexibility index (Phi) is 6.07. The molecule has 2 rings (SSSR count). The van der Waals surface area contributed by atoms with Gasteiger partial charge in [-0.25, -0.2) is 0 Å². The first-order valence-corrected chi connectivity index (χ1v) is 7.92. The van der Waals surface area contributed by atoms with Crippen molar-refractivity contribution in [1.82, 2.24) is 4.90 Å². The fourth-order valence-corrected chi connectivity index (χ4v) is 2.77. The zero-order chi connectivity index (χ0) is 15.9. The zero-order valence-electron chi connectivity index (χ0n) is 13.7. The summed E-state index contributed by atoms with van der Waals surface area (Å²) in [4.78, 5) is 14.8. The van der Waals surface area contributed by atoms with E-state index in [2.05, 4.69) is 10.2 Å². The molecule has 1 amide bonds. The number of nitrogens with one attached hydrogen (secondary N) is 1. The van der Waals surface area contributed by atoms with E-state index < -0.39 is 0 Å². The van der Waals surface area contributed by atoms with Gasteiger partial charge in [-0.15, -0.1) is 0 Å². The van der Waals surface area contributed by atoms with Gasteiger partial charge in [-0.2, -0.15) is 0 Å². The first-order valence-electron chi connectivity index (χ1n) is 7.92. The third-order valence-electron chi connectivity index (χ3n) is 4.19. The van der Waals surface area contributed by atoms with Gasteiger partial charge in [0.25, 0.3) is 0 Å². The number of ether oxygens (including phenoxy) is 2. The molecule has 122 valence electrons. The number of rotatable bonds is 5. The maximum absolute atomic E-state index is 12.5. The number of likely N-dealkylation sites (tertiary alicyclic amines) is 1. The minimum absolute atomic E-state index is 0.0113. The summed E-state index contributed by atoms with van der Waals surface area (Å²) in [5.41, 5.74) is 0.697. The molecule has 1 N–H and O–H groups in total. The van der Waals surface area contributed by atoms with Gasteiger partial charge in [-0.1, -0.05) is 12.8 Å². The Morgan fingerprint density at radius 1 is 1.05 bits per heavy atom. The second-order valence-corrected chi connectivity index (χ2v) is 5.72.